The van der Waals surface area contributed by atoms with Gasteiger partial charge in [-0.15, -0.1) is 0 Å². The maximum atomic E-state index is 11.9. The number of hydrogen-bond acceptors (Lipinski definition) is 4. The van der Waals surface area contributed by atoms with Crippen molar-refractivity contribution in [3.05, 3.63) is 83.4 Å². The van der Waals surface area contributed by atoms with Crippen molar-refractivity contribution in [2.45, 2.75) is 19.3 Å². The van der Waals surface area contributed by atoms with Gasteiger partial charge in [0, 0.05) is 17.5 Å². The number of esters is 1. The molecule has 1 unspecified atom stereocenters. The van der Waals surface area contributed by atoms with E-state index in [2.05, 4.69) is 0 Å². The topological polar surface area (TPSA) is 55.8 Å². The number of fused-ring (bicyclic) bond motifs is 1. The van der Waals surface area contributed by atoms with Crippen LogP contribution in [-0.2, 0) is 4.79 Å². The Hall–Kier alpha value is -3.27. The van der Waals surface area contributed by atoms with E-state index in [4.69, 9.17) is 9.47 Å². The number of aryl methyl sites for hydroxylation is 1. The fraction of sp³-hybridized carbons (Fsp3) is 0.136. The average molecular weight is 346 g/mol. The molecule has 4 rings (SSSR count). The Balaban J connectivity index is 1.60. The van der Waals surface area contributed by atoms with E-state index in [0.717, 1.165) is 28.2 Å². The summed E-state index contributed by atoms with van der Waals surface area (Å²) in [6.45, 7) is 2.02. The summed E-state index contributed by atoms with van der Waals surface area (Å²) < 4.78 is 11.1. The fourth-order valence-corrected chi connectivity index (χ4v) is 3.22. The second-order valence-electron chi connectivity index (χ2n) is 6.44. The van der Waals surface area contributed by atoms with Crippen LogP contribution in [0, 0.1) is 6.92 Å². The van der Waals surface area contributed by atoms with Crippen molar-refractivity contribution in [3.8, 4) is 23.0 Å². The van der Waals surface area contributed by atoms with Gasteiger partial charge in [0.25, 0.3) is 0 Å². The highest BCUT2D eigenvalue weighted by molar-refractivity contribution is 5.78. The first-order chi connectivity index (χ1) is 12.6. The highest BCUT2D eigenvalue weighted by Gasteiger charge is 2.28. The maximum absolute atomic E-state index is 11.9. The van der Waals surface area contributed by atoms with Gasteiger partial charge in [0.1, 0.15) is 23.0 Å². The summed E-state index contributed by atoms with van der Waals surface area (Å²) in [6.07, 6.45) is 0.274. The van der Waals surface area contributed by atoms with Gasteiger partial charge in [-0.25, -0.2) is 0 Å². The standard InChI is InChI=1S/C22H18O4/c1-14-3-2-4-18(11-14)25-17-8-5-15(6-9-17)20-13-22(24)26-21-12-16(23)7-10-19(20)21/h2-12,20,23H,13H2,1H3. The number of carbonyl (C=O) groups is 1. The summed E-state index contributed by atoms with van der Waals surface area (Å²) in [5, 5.41) is 9.62. The summed E-state index contributed by atoms with van der Waals surface area (Å²) in [5.41, 5.74) is 3.04. The van der Waals surface area contributed by atoms with Gasteiger partial charge in [-0.3, -0.25) is 4.79 Å². The molecule has 1 N–H and O–H groups in total. The number of phenols is 1. The van der Waals surface area contributed by atoms with Crippen LogP contribution in [0.5, 0.6) is 23.0 Å². The van der Waals surface area contributed by atoms with Gasteiger partial charge in [0.2, 0.25) is 0 Å². The van der Waals surface area contributed by atoms with E-state index in [0.29, 0.717) is 5.75 Å². The van der Waals surface area contributed by atoms with Crippen LogP contribution in [0.2, 0.25) is 0 Å². The SMILES string of the molecule is Cc1cccc(Oc2ccc(C3CC(=O)Oc4cc(O)ccc43)cc2)c1. The number of benzene rings is 3. The quantitative estimate of drug-likeness (QED) is 0.539. The first-order valence-corrected chi connectivity index (χ1v) is 8.46. The highest BCUT2D eigenvalue weighted by atomic mass is 16.5. The molecule has 0 spiro atoms. The highest BCUT2D eigenvalue weighted by Crippen LogP contribution is 2.40. The van der Waals surface area contributed by atoms with E-state index in [-0.39, 0.29) is 24.1 Å². The monoisotopic (exact) mass is 346 g/mol. The van der Waals surface area contributed by atoms with Gasteiger partial charge in [-0.05, 0) is 48.4 Å². The molecule has 1 atom stereocenters. The molecule has 1 aliphatic rings. The Bertz CT molecular complexity index is 960. The average Bonchev–Trinajstić information content (AvgIpc) is 2.61. The Labute approximate surface area is 151 Å². The van der Waals surface area contributed by atoms with Gasteiger partial charge in [-0.1, -0.05) is 30.3 Å². The van der Waals surface area contributed by atoms with Gasteiger partial charge < -0.3 is 14.6 Å². The molecular weight excluding hydrogens is 328 g/mol. The van der Waals surface area contributed by atoms with Crippen molar-refractivity contribution in [1.29, 1.82) is 0 Å². The zero-order valence-corrected chi connectivity index (χ0v) is 14.3. The second-order valence-corrected chi connectivity index (χ2v) is 6.44. The van der Waals surface area contributed by atoms with E-state index >= 15 is 0 Å². The first kappa shape index (κ1) is 16.2. The van der Waals surface area contributed by atoms with Crippen LogP contribution in [0.4, 0.5) is 0 Å². The lowest BCUT2D eigenvalue weighted by Gasteiger charge is -2.25. The van der Waals surface area contributed by atoms with Gasteiger partial charge >= 0.3 is 5.97 Å². The fourth-order valence-electron chi connectivity index (χ4n) is 3.22. The largest absolute Gasteiger partial charge is 0.508 e. The lowest BCUT2D eigenvalue weighted by atomic mass is 9.86. The van der Waals surface area contributed by atoms with Crippen molar-refractivity contribution in [2.24, 2.45) is 0 Å². The Morgan fingerprint density at radius 1 is 1.00 bits per heavy atom. The molecule has 0 fully saturated rings. The van der Waals surface area contributed by atoms with Crippen molar-refractivity contribution >= 4 is 5.97 Å². The molecule has 26 heavy (non-hydrogen) atoms. The Morgan fingerprint density at radius 2 is 1.81 bits per heavy atom. The summed E-state index contributed by atoms with van der Waals surface area (Å²) >= 11 is 0. The van der Waals surface area contributed by atoms with Gasteiger partial charge in [-0.2, -0.15) is 0 Å². The molecule has 3 aromatic rings. The molecule has 0 amide bonds. The lowest BCUT2D eigenvalue weighted by molar-refractivity contribution is -0.135. The molecule has 0 saturated heterocycles. The van der Waals surface area contributed by atoms with Crippen LogP contribution in [0.25, 0.3) is 0 Å². The van der Waals surface area contributed by atoms with Crippen LogP contribution in [0.15, 0.2) is 66.7 Å². The number of hydrogen-bond donors (Lipinski definition) is 1. The molecule has 0 aromatic heterocycles. The van der Waals surface area contributed by atoms with E-state index in [9.17, 15) is 9.90 Å². The number of phenolic OH excluding ortho intramolecular Hbond substituents is 1. The summed E-state index contributed by atoms with van der Waals surface area (Å²) in [6, 6.07) is 20.5. The number of ether oxygens (including phenoxy) is 2. The molecule has 0 aliphatic carbocycles. The predicted octanol–water partition coefficient (Wildman–Crippen LogP) is 4.93. The third kappa shape index (κ3) is 3.26. The van der Waals surface area contributed by atoms with Crippen molar-refractivity contribution in [1.82, 2.24) is 0 Å². The minimum absolute atomic E-state index is 0.0825. The summed E-state index contributed by atoms with van der Waals surface area (Å²) in [4.78, 5) is 11.9. The zero-order chi connectivity index (χ0) is 18.1. The normalized spacial score (nSPS) is 15.9. The molecule has 0 radical (unpaired) electrons. The van der Waals surface area contributed by atoms with Gasteiger partial charge in [0.05, 0.1) is 6.42 Å². The third-order valence-corrected chi connectivity index (χ3v) is 4.47. The Kier molecular flexibility index (Phi) is 4.09. The van der Waals surface area contributed by atoms with Crippen LogP contribution >= 0.6 is 0 Å². The van der Waals surface area contributed by atoms with Crippen molar-refractivity contribution in [2.75, 3.05) is 0 Å². The molecule has 4 heteroatoms. The number of carbonyl (C=O) groups excluding carboxylic acids is 1. The minimum atomic E-state index is -0.298. The number of rotatable bonds is 3. The molecule has 1 aliphatic heterocycles. The summed E-state index contributed by atoms with van der Waals surface area (Å²) in [7, 11) is 0. The van der Waals surface area contributed by atoms with E-state index < -0.39 is 0 Å². The predicted molar refractivity (Wildman–Crippen MR) is 97.9 cm³/mol. The van der Waals surface area contributed by atoms with Crippen molar-refractivity contribution < 1.29 is 19.4 Å². The first-order valence-electron chi connectivity index (χ1n) is 8.46. The van der Waals surface area contributed by atoms with Crippen LogP contribution in [-0.4, -0.2) is 11.1 Å². The van der Waals surface area contributed by atoms with Gasteiger partial charge in [0.15, 0.2) is 0 Å². The van der Waals surface area contributed by atoms with Crippen LogP contribution < -0.4 is 9.47 Å². The number of aromatic hydroxyl groups is 1. The molecule has 0 saturated carbocycles. The van der Waals surface area contributed by atoms with E-state index in [1.54, 1.807) is 12.1 Å². The van der Waals surface area contributed by atoms with Crippen LogP contribution in [0.3, 0.4) is 0 Å². The zero-order valence-electron chi connectivity index (χ0n) is 14.3. The Morgan fingerprint density at radius 3 is 2.58 bits per heavy atom. The molecular formula is C22H18O4. The smallest absolute Gasteiger partial charge is 0.312 e. The lowest BCUT2D eigenvalue weighted by Crippen LogP contribution is -2.20. The second kappa shape index (κ2) is 6.56. The van der Waals surface area contributed by atoms with Crippen molar-refractivity contribution in [3.63, 3.8) is 0 Å². The molecule has 3 aromatic carbocycles. The maximum Gasteiger partial charge on any atom is 0.312 e. The van der Waals surface area contributed by atoms with E-state index in [1.807, 2.05) is 55.5 Å². The van der Waals surface area contributed by atoms with E-state index in [1.165, 1.54) is 6.07 Å². The van der Waals surface area contributed by atoms with Crippen LogP contribution in [0.1, 0.15) is 29.0 Å². The molecule has 4 nitrogen and oxygen atoms in total. The summed E-state index contributed by atoms with van der Waals surface area (Å²) in [5.74, 6) is 1.64. The minimum Gasteiger partial charge on any atom is -0.508 e. The molecule has 1 heterocycles. The third-order valence-electron chi connectivity index (χ3n) is 4.47. The molecule has 0 bridgehead atoms. The molecule has 130 valence electrons.